The van der Waals surface area contributed by atoms with Crippen molar-refractivity contribution in [3.8, 4) is 0 Å². The van der Waals surface area contributed by atoms with Gasteiger partial charge in [0.15, 0.2) is 0 Å². The van der Waals surface area contributed by atoms with E-state index < -0.39 is 6.04 Å². The highest BCUT2D eigenvalue weighted by atomic mass is 35.5. The maximum Gasteiger partial charge on any atom is 0.319 e. The lowest BCUT2D eigenvalue weighted by Gasteiger charge is -2.23. The van der Waals surface area contributed by atoms with E-state index in [1.54, 1.807) is 19.1 Å². The number of hydrogen-bond acceptors (Lipinski definition) is 3. The minimum atomic E-state index is -0.547. The van der Waals surface area contributed by atoms with Crippen LogP contribution in [-0.4, -0.2) is 42.0 Å². The Labute approximate surface area is 148 Å². The number of urea groups is 1. The smallest absolute Gasteiger partial charge is 0.319 e. The minimum Gasteiger partial charge on any atom is -0.340 e. The molecule has 2 aliphatic rings. The van der Waals surface area contributed by atoms with E-state index in [-0.39, 0.29) is 30.4 Å². The van der Waals surface area contributed by atoms with Crippen LogP contribution in [0.15, 0.2) is 30.3 Å². The van der Waals surface area contributed by atoms with Gasteiger partial charge in [-0.15, -0.1) is 12.4 Å². The van der Waals surface area contributed by atoms with Crippen molar-refractivity contribution >= 4 is 30.0 Å². The summed E-state index contributed by atoms with van der Waals surface area (Å²) in [6.45, 7) is 3.21. The van der Waals surface area contributed by atoms with Gasteiger partial charge in [-0.3, -0.25) is 4.79 Å². The van der Waals surface area contributed by atoms with E-state index in [4.69, 9.17) is 5.73 Å². The second-order valence-electron chi connectivity index (χ2n) is 6.59. The molecule has 0 aromatic heterocycles. The lowest BCUT2D eigenvalue weighted by Crippen LogP contribution is -2.48. The van der Waals surface area contributed by atoms with Crippen molar-refractivity contribution in [1.82, 2.24) is 10.2 Å². The van der Waals surface area contributed by atoms with Crippen molar-refractivity contribution in [3.05, 3.63) is 30.3 Å². The molecule has 4 N–H and O–H groups in total. The fourth-order valence-corrected chi connectivity index (χ4v) is 3.71. The molecular weight excluding hydrogens is 328 g/mol. The molecule has 1 saturated carbocycles. The van der Waals surface area contributed by atoms with Gasteiger partial charge in [-0.25, -0.2) is 4.79 Å². The van der Waals surface area contributed by atoms with Gasteiger partial charge in [-0.1, -0.05) is 18.2 Å². The summed E-state index contributed by atoms with van der Waals surface area (Å²) in [5.41, 5.74) is 6.81. The van der Waals surface area contributed by atoms with E-state index in [1.807, 2.05) is 23.1 Å². The summed E-state index contributed by atoms with van der Waals surface area (Å²) in [6.07, 6.45) is 2.16. The number of anilines is 1. The third-order valence-electron chi connectivity index (χ3n) is 4.97. The monoisotopic (exact) mass is 352 g/mol. The van der Waals surface area contributed by atoms with Crippen LogP contribution in [0.3, 0.4) is 0 Å². The minimum absolute atomic E-state index is 0. The van der Waals surface area contributed by atoms with Crippen molar-refractivity contribution in [2.24, 2.45) is 17.6 Å². The van der Waals surface area contributed by atoms with Crippen LogP contribution in [0.25, 0.3) is 0 Å². The molecule has 1 aliphatic heterocycles. The zero-order valence-electron chi connectivity index (χ0n) is 13.8. The molecule has 0 radical (unpaired) electrons. The molecular formula is C17H25ClN4O2. The number of likely N-dealkylation sites (tertiary alicyclic amines) is 1. The van der Waals surface area contributed by atoms with Gasteiger partial charge < -0.3 is 21.3 Å². The lowest BCUT2D eigenvalue weighted by molar-refractivity contribution is -0.132. The Balaban J connectivity index is 0.00000208. The molecule has 4 unspecified atom stereocenters. The number of fused-ring (bicyclic) bond motifs is 1. The summed E-state index contributed by atoms with van der Waals surface area (Å²) in [5, 5.41) is 5.43. The number of nitrogens with two attached hydrogens (primary N) is 1. The molecule has 2 fully saturated rings. The molecule has 0 bridgehead atoms. The molecule has 6 nitrogen and oxygen atoms in total. The number of nitrogens with one attached hydrogen (secondary N) is 2. The Bertz CT molecular complexity index is 583. The first kappa shape index (κ1) is 18.5. The molecule has 1 heterocycles. The second-order valence-corrected chi connectivity index (χ2v) is 6.59. The summed E-state index contributed by atoms with van der Waals surface area (Å²) in [5.74, 6) is 0.915. The summed E-state index contributed by atoms with van der Waals surface area (Å²) < 4.78 is 0. The first-order chi connectivity index (χ1) is 11.0. The van der Waals surface area contributed by atoms with Crippen molar-refractivity contribution in [2.75, 3.05) is 18.4 Å². The standard InChI is InChI=1S/C17H24N4O2.ClH/c1-11(19-17(23)20-13-5-3-2-4-6-13)16(22)21-9-12-7-8-15(18)14(12)10-21;/h2-6,11-12,14-15H,7-10,18H2,1H3,(H2,19,20,23);1H. The van der Waals surface area contributed by atoms with Crippen molar-refractivity contribution < 1.29 is 9.59 Å². The van der Waals surface area contributed by atoms with Crippen LogP contribution in [-0.2, 0) is 4.79 Å². The summed E-state index contributed by atoms with van der Waals surface area (Å²) in [6, 6.07) is 8.46. The van der Waals surface area contributed by atoms with Crippen LogP contribution in [0.4, 0.5) is 10.5 Å². The number of hydrogen-bond donors (Lipinski definition) is 3. The van der Waals surface area contributed by atoms with Crippen LogP contribution >= 0.6 is 12.4 Å². The van der Waals surface area contributed by atoms with Gasteiger partial charge in [-0.05, 0) is 43.7 Å². The molecule has 1 saturated heterocycles. The topological polar surface area (TPSA) is 87.5 Å². The highest BCUT2D eigenvalue weighted by Gasteiger charge is 2.43. The number of nitrogens with zero attached hydrogens (tertiary/aromatic N) is 1. The molecule has 3 amide bonds. The molecule has 1 aromatic carbocycles. The van der Waals surface area contributed by atoms with Gasteiger partial charge in [0.1, 0.15) is 6.04 Å². The van der Waals surface area contributed by atoms with E-state index >= 15 is 0 Å². The first-order valence-electron chi connectivity index (χ1n) is 8.21. The highest BCUT2D eigenvalue weighted by molar-refractivity contribution is 5.93. The third-order valence-corrected chi connectivity index (χ3v) is 4.97. The number of halogens is 1. The Morgan fingerprint density at radius 3 is 2.58 bits per heavy atom. The molecule has 4 atom stereocenters. The number of carbonyl (C=O) groups excluding carboxylic acids is 2. The Hall–Kier alpha value is -1.79. The Morgan fingerprint density at radius 2 is 1.92 bits per heavy atom. The number of para-hydroxylation sites is 1. The number of carbonyl (C=O) groups is 2. The predicted molar refractivity (Wildman–Crippen MR) is 96.1 cm³/mol. The molecule has 7 heteroatoms. The summed E-state index contributed by atoms with van der Waals surface area (Å²) >= 11 is 0. The highest BCUT2D eigenvalue weighted by Crippen LogP contribution is 2.37. The average Bonchev–Trinajstić information content (AvgIpc) is 3.10. The fourth-order valence-electron chi connectivity index (χ4n) is 3.71. The summed E-state index contributed by atoms with van der Waals surface area (Å²) in [4.78, 5) is 26.3. The SMILES string of the molecule is CC(NC(=O)Nc1ccccc1)C(=O)N1CC2CCC(N)C2C1.Cl. The van der Waals surface area contributed by atoms with Crippen LogP contribution < -0.4 is 16.4 Å². The Morgan fingerprint density at radius 1 is 1.21 bits per heavy atom. The largest absolute Gasteiger partial charge is 0.340 e. The molecule has 1 aliphatic carbocycles. The molecule has 132 valence electrons. The number of benzene rings is 1. The number of amides is 3. The maximum absolute atomic E-state index is 12.5. The Kier molecular flexibility index (Phi) is 6.07. The zero-order valence-corrected chi connectivity index (χ0v) is 14.6. The quantitative estimate of drug-likeness (QED) is 0.775. The van der Waals surface area contributed by atoms with Crippen LogP contribution in [0.5, 0.6) is 0 Å². The second kappa shape index (κ2) is 7.85. The third kappa shape index (κ3) is 3.99. The fraction of sp³-hybridized carbons (Fsp3) is 0.529. The van der Waals surface area contributed by atoms with Crippen molar-refractivity contribution in [2.45, 2.75) is 31.8 Å². The molecule has 1 aromatic rings. The number of rotatable bonds is 3. The van der Waals surface area contributed by atoms with E-state index in [0.29, 0.717) is 17.5 Å². The van der Waals surface area contributed by atoms with Crippen molar-refractivity contribution in [3.63, 3.8) is 0 Å². The van der Waals surface area contributed by atoms with Crippen molar-refractivity contribution in [1.29, 1.82) is 0 Å². The van der Waals surface area contributed by atoms with E-state index in [1.165, 1.54) is 0 Å². The summed E-state index contributed by atoms with van der Waals surface area (Å²) in [7, 11) is 0. The normalized spacial score (nSPS) is 26.2. The predicted octanol–water partition coefficient (Wildman–Crippen LogP) is 1.81. The maximum atomic E-state index is 12.5. The zero-order chi connectivity index (χ0) is 16.4. The van der Waals surface area contributed by atoms with E-state index in [9.17, 15) is 9.59 Å². The van der Waals surface area contributed by atoms with Gasteiger partial charge in [0.25, 0.3) is 0 Å². The molecule has 0 spiro atoms. The average molecular weight is 353 g/mol. The van der Waals surface area contributed by atoms with Crippen LogP contribution in [0.1, 0.15) is 19.8 Å². The molecule has 24 heavy (non-hydrogen) atoms. The van der Waals surface area contributed by atoms with Gasteiger partial charge in [0, 0.05) is 24.8 Å². The van der Waals surface area contributed by atoms with E-state index in [0.717, 1.165) is 25.9 Å². The lowest BCUT2D eigenvalue weighted by atomic mass is 9.98. The molecule has 3 rings (SSSR count). The van der Waals surface area contributed by atoms with E-state index in [2.05, 4.69) is 10.6 Å². The van der Waals surface area contributed by atoms with Gasteiger partial charge >= 0.3 is 6.03 Å². The van der Waals surface area contributed by atoms with Gasteiger partial charge in [-0.2, -0.15) is 0 Å². The first-order valence-corrected chi connectivity index (χ1v) is 8.21. The van der Waals surface area contributed by atoms with Gasteiger partial charge in [0.05, 0.1) is 0 Å². The van der Waals surface area contributed by atoms with Crippen LogP contribution in [0, 0.1) is 11.8 Å². The van der Waals surface area contributed by atoms with Gasteiger partial charge in [0.2, 0.25) is 5.91 Å². The van der Waals surface area contributed by atoms with Crippen LogP contribution in [0.2, 0.25) is 0 Å².